The minimum absolute atomic E-state index is 0.0292. The van der Waals surface area contributed by atoms with Crippen molar-refractivity contribution in [2.24, 2.45) is 0 Å². The van der Waals surface area contributed by atoms with E-state index in [1.165, 1.54) is 16.3 Å². The minimum Gasteiger partial charge on any atom is -0.497 e. The third kappa shape index (κ3) is 5.35. The minimum atomic E-state index is -0.324. The van der Waals surface area contributed by atoms with Crippen LogP contribution in [0.5, 0.6) is 5.75 Å². The van der Waals surface area contributed by atoms with Crippen LogP contribution in [0.1, 0.15) is 5.56 Å². The normalized spacial score (nSPS) is 10.9. The number of rotatable bonds is 10. The van der Waals surface area contributed by atoms with Gasteiger partial charge in [0, 0.05) is 13.1 Å². The molecule has 0 fully saturated rings. The molecular weight excluding hydrogens is 468 g/mol. The fourth-order valence-corrected chi connectivity index (χ4v) is 4.26. The van der Waals surface area contributed by atoms with Crippen LogP contribution in [-0.2, 0) is 22.7 Å². The van der Waals surface area contributed by atoms with E-state index in [9.17, 15) is 14.4 Å². The van der Waals surface area contributed by atoms with E-state index in [1.807, 2.05) is 36.4 Å². The maximum absolute atomic E-state index is 12.8. The van der Waals surface area contributed by atoms with E-state index < -0.39 is 0 Å². The predicted octanol–water partition coefficient (Wildman–Crippen LogP) is 1.76. The predicted molar refractivity (Wildman–Crippen MR) is 134 cm³/mol. The molecule has 180 valence electrons. The largest absolute Gasteiger partial charge is 0.497 e. The number of hydrogen-bond acceptors (Lipinski definition) is 7. The van der Waals surface area contributed by atoms with Gasteiger partial charge in [0.1, 0.15) is 5.75 Å². The number of nitrogens with zero attached hydrogens (tertiary/aromatic N) is 4. The molecule has 2 aromatic carbocycles. The van der Waals surface area contributed by atoms with Crippen LogP contribution in [0.3, 0.4) is 0 Å². The molecule has 0 spiro atoms. The molecule has 0 radical (unpaired) electrons. The summed E-state index contributed by atoms with van der Waals surface area (Å²) in [6.07, 6.45) is 1.62. The number of nitrogens with one attached hydrogen (secondary N) is 2. The first-order valence-electron chi connectivity index (χ1n) is 10.8. The molecule has 0 aliphatic rings. The maximum atomic E-state index is 12.8. The summed E-state index contributed by atoms with van der Waals surface area (Å²) < 4.78 is 8.35. The molecule has 0 bridgehead atoms. The summed E-state index contributed by atoms with van der Waals surface area (Å²) in [5.41, 5.74) is 1.39. The van der Waals surface area contributed by atoms with Gasteiger partial charge in [0.15, 0.2) is 5.16 Å². The first-order valence-corrected chi connectivity index (χ1v) is 11.8. The monoisotopic (exact) mass is 492 g/mol. The van der Waals surface area contributed by atoms with Crippen LogP contribution < -0.4 is 20.9 Å². The molecule has 2 aromatic heterocycles. The average molecular weight is 493 g/mol. The van der Waals surface area contributed by atoms with Crippen molar-refractivity contribution in [3.8, 4) is 5.75 Å². The highest BCUT2D eigenvalue weighted by Gasteiger charge is 2.17. The Morgan fingerprint density at radius 3 is 2.60 bits per heavy atom. The Bertz CT molecular complexity index is 1440. The average Bonchev–Trinajstić information content (AvgIpc) is 3.31. The molecule has 2 heterocycles. The number of thioether (sulfide) groups is 1. The number of para-hydroxylation sites is 1. The van der Waals surface area contributed by atoms with Gasteiger partial charge in [-0.2, -0.15) is 0 Å². The number of allylic oxidation sites excluding steroid dienone is 1. The van der Waals surface area contributed by atoms with Crippen molar-refractivity contribution in [2.75, 3.05) is 19.4 Å². The first-order chi connectivity index (χ1) is 17.0. The van der Waals surface area contributed by atoms with Gasteiger partial charge in [-0.3, -0.25) is 23.4 Å². The summed E-state index contributed by atoms with van der Waals surface area (Å²) in [6, 6.07) is 14.5. The van der Waals surface area contributed by atoms with Crippen LogP contribution in [0.4, 0.5) is 0 Å². The lowest BCUT2D eigenvalue weighted by Crippen LogP contribution is -2.37. The summed E-state index contributed by atoms with van der Waals surface area (Å²) in [6.45, 7) is 4.19. The van der Waals surface area contributed by atoms with Gasteiger partial charge in [-0.05, 0) is 29.8 Å². The zero-order valence-corrected chi connectivity index (χ0v) is 19.9. The van der Waals surface area contributed by atoms with Gasteiger partial charge in [-0.1, -0.05) is 42.1 Å². The Morgan fingerprint density at radius 2 is 1.86 bits per heavy atom. The fraction of sp³-hybridized carbons (Fsp3) is 0.208. The van der Waals surface area contributed by atoms with Crippen LogP contribution >= 0.6 is 11.8 Å². The summed E-state index contributed by atoms with van der Waals surface area (Å²) in [5.74, 6) is 0.514. The number of ether oxygens (including phenoxy) is 1. The molecule has 0 aliphatic heterocycles. The van der Waals surface area contributed by atoms with E-state index >= 15 is 0 Å². The molecule has 4 aromatic rings. The van der Waals surface area contributed by atoms with E-state index in [0.717, 1.165) is 11.3 Å². The zero-order valence-electron chi connectivity index (χ0n) is 19.1. The highest BCUT2D eigenvalue weighted by molar-refractivity contribution is 7.99. The van der Waals surface area contributed by atoms with Gasteiger partial charge in [-0.25, -0.2) is 0 Å². The number of benzene rings is 2. The van der Waals surface area contributed by atoms with Crippen LogP contribution in [0.2, 0.25) is 0 Å². The van der Waals surface area contributed by atoms with E-state index in [1.54, 1.807) is 29.7 Å². The Kier molecular flexibility index (Phi) is 7.46. The molecule has 0 atom stereocenters. The molecule has 11 heteroatoms. The smallest absolute Gasteiger partial charge is 0.263 e. The SMILES string of the molecule is C=CCn1c(=O)c2ccccc2n2c(SCC(=O)NCC(=O)NCc3ccc(OC)cc3)nnc12. The molecule has 0 aliphatic carbocycles. The molecule has 2 N–H and O–H groups in total. The Labute approximate surface area is 205 Å². The summed E-state index contributed by atoms with van der Waals surface area (Å²) in [7, 11) is 1.59. The molecule has 0 unspecified atom stereocenters. The molecular formula is C24H24N6O4S. The first kappa shape index (κ1) is 24.0. The fourth-order valence-electron chi connectivity index (χ4n) is 3.49. The summed E-state index contributed by atoms with van der Waals surface area (Å²) in [4.78, 5) is 37.3. The second-order valence-corrected chi connectivity index (χ2v) is 8.47. The van der Waals surface area contributed by atoms with Crippen LogP contribution in [-0.4, -0.2) is 50.4 Å². The van der Waals surface area contributed by atoms with E-state index in [4.69, 9.17) is 4.74 Å². The van der Waals surface area contributed by atoms with Crippen molar-refractivity contribution in [2.45, 2.75) is 18.2 Å². The highest BCUT2D eigenvalue weighted by Crippen LogP contribution is 2.21. The number of carbonyl (C=O) groups is 2. The number of aromatic nitrogens is 4. The summed E-state index contributed by atoms with van der Waals surface area (Å²) >= 11 is 1.17. The quantitative estimate of drug-likeness (QED) is 0.256. The van der Waals surface area contributed by atoms with Crippen molar-refractivity contribution < 1.29 is 14.3 Å². The Morgan fingerprint density at radius 1 is 1.09 bits per heavy atom. The van der Waals surface area contributed by atoms with Gasteiger partial charge in [0.05, 0.1) is 30.3 Å². The van der Waals surface area contributed by atoms with Gasteiger partial charge < -0.3 is 15.4 Å². The van der Waals surface area contributed by atoms with Crippen LogP contribution in [0, 0.1) is 0 Å². The molecule has 4 rings (SSSR count). The maximum Gasteiger partial charge on any atom is 0.263 e. The highest BCUT2D eigenvalue weighted by atomic mass is 32.2. The lowest BCUT2D eigenvalue weighted by molar-refractivity contribution is -0.124. The van der Waals surface area contributed by atoms with Crippen LogP contribution in [0.25, 0.3) is 16.7 Å². The number of amides is 2. The topological polar surface area (TPSA) is 120 Å². The molecule has 35 heavy (non-hydrogen) atoms. The molecule has 2 amide bonds. The lowest BCUT2D eigenvalue weighted by Gasteiger charge is -2.10. The number of fused-ring (bicyclic) bond motifs is 3. The third-order valence-corrected chi connectivity index (χ3v) is 6.15. The van der Waals surface area contributed by atoms with Crippen molar-refractivity contribution in [1.82, 2.24) is 29.8 Å². The number of carbonyl (C=O) groups excluding carboxylic acids is 2. The molecule has 0 saturated heterocycles. The standard InChI is InChI=1S/C24H24N6O4S/c1-3-12-29-22(33)18-6-4-5-7-19(18)30-23(29)27-28-24(30)35-15-21(32)26-14-20(31)25-13-16-8-10-17(34-2)11-9-16/h3-11H,1,12-15H2,2H3,(H,25,31)(H,26,32). The third-order valence-electron chi connectivity index (χ3n) is 5.22. The van der Waals surface area contributed by atoms with Gasteiger partial charge in [0.2, 0.25) is 17.6 Å². The number of methoxy groups -OCH3 is 1. The van der Waals surface area contributed by atoms with Gasteiger partial charge in [-0.15, -0.1) is 16.8 Å². The molecule has 10 nitrogen and oxygen atoms in total. The lowest BCUT2D eigenvalue weighted by atomic mass is 10.2. The second-order valence-electron chi connectivity index (χ2n) is 7.53. The van der Waals surface area contributed by atoms with Crippen molar-refractivity contribution in [3.05, 3.63) is 77.1 Å². The molecule has 0 saturated carbocycles. The van der Waals surface area contributed by atoms with Gasteiger partial charge >= 0.3 is 0 Å². The number of hydrogen-bond donors (Lipinski definition) is 2. The zero-order chi connectivity index (χ0) is 24.8. The van der Waals surface area contributed by atoms with Gasteiger partial charge in [0.25, 0.3) is 5.56 Å². The van der Waals surface area contributed by atoms with E-state index in [0.29, 0.717) is 28.4 Å². The van der Waals surface area contributed by atoms with E-state index in [-0.39, 0.29) is 36.2 Å². The van der Waals surface area contributed by atoms with Crippen molar-refractivity contribution >= 4 is 40.3 Å². The second kappa shape index (κ2) is 10.9. The van der Waals surface area contributed by atoms with Crippen LogP contribution in [0.15, 0.2) is 71.1 Å². The summed E-state index contributed by atoms with van der Waals surface area (Å²) in [5, 5.41) is 14.7. The van der Waals surface area contributed by atoms with Crippen molar-refractivity contribution in [1.29, 1.82) is 0 Å². The van der Waals surface area contributed by atoms with E-state index in [2.05, 4.69) is 27.4 Å². The Balaban J connectivity index is 1.37. The Hall–Kier alpha value is -4.12. The van der Waals surface area contributed by atoms with Crippen molar-refractivity contribution in [3.63, 3.8) is 0 Å².